The van der Waals surface area contributed by atoms with E-state index in [1.54, 1.807) is 14.2 Å². The van der Waals surface area contributed by atoms with Crippen LogP contribution >= 0.6 is 0 Å². The second-order valence-corrected chi connectivity index (χ2v) is 6.23. The summed E-state index contributed by atoms with van der Waals surface area (Å²) >= 11 is 0. The molecule has 0 radical (unpaired) electrons. The predicted molar refractivity (Wildman–Crippen MR) is 83.8 cm³/mol. The van der Waals surface area contributed by atoms with Crippen LogP contribution in [0.25, 0.3) is 0 Å². The summed E-state index contributed by atoms with van der Waals surface area (Å²) in [5, 5.41) is 0. The predicted octanol–water partition coefficient (Wildman–Crippen LogP) is 2.58. The Morgan fingerprint density at radius 2 is 1.95 bits per heavy atom. The fourth-order valence-electron chi connectivity index (χ4n) is 3.07. The van der Waals surface area contributed by atoms with Crippen molar-refractivity contribution >= 4 is 0 Å². The van der Waals surface area contributed by atoms with Crippen LogP contribution in [0.15, 0.2) is 18.2 Å². The number of methoxy groups -OCH3 is 2. The van der Waals surface area contributed by atoms with Gasteiger partial charge in [0.1, 0.15) is 11.5 Å². The Morgan fingerprint density at radius 3 is 2.48 bits per heavy atom. The lowest BCUT2D eigenvalue weighted by Gasteiger charge is -2.32. The topological polar surface area (TPSA) is 47.7 Å². The highest BCUT2D eigenvalue weighted by Crippen LogP contribution is 2.41. The van der Waals surface area contributed by atoms with Crippen LogP contribution < -0.4 is 15.2 Å². The minimum Gasteiger partial charge on any atom is -0.497 e. The number of hydrogen-bond donors (Lipinski definition) is 1. The Balaban J connectivity index is 1.86. The fourth-order valence-corrected chi connectivity index (χ4v) is 3.07. The van der Waals surface area contributed by atoms with E-state index < -0.39 is 0 Å². The van der Waals surface area contributed by atoms with Crippen LogP contribution in [0.2, 0.25) is 0 Å². The minimum absolute atomic E-state index is 0.249. The number of rotatable bonds is 8. The van der Waals surface area contributed by atoms with Gasteiger partial charge in [0.15, 0.2) is 0 Å². The summed E-state index contributed by atoms with van der Waals surface area (Å²) in [6.45, 7) is 1.81. The Bertz CT molecular complexity index is 484. The number of nitrogens with two attached hydrogens (primary N) is 1. The van der Waals surface area contributed by atoms with Gasteiger partial charge in [0.05, 0.1) is 20.3 Å². The average Bonchev–Trinajstić information content (AvgIpc) is 3.39. The molecule has 0 aliphatic heterocycles. The molecule has 1 atom stereocenters. The van der Waals surface area contributed by atoms with Crippen molar-refractivity contribution in [3.05, 3.63) is 23.8 Å². The van der Waals surface area contributed by atoms with Gasteiger partial charge in [-0.15, -0.1) is 0 Å². The zero-order valence-electron chi connectivity index (χ0n) is 13.0. The van der Waals surface area contributed by atoms with Crippen molar-refractivity contribution in [3.8, 4) is 11.5 Å². The first-order valence-electron chi connectivity index (χ1n) is 7.94. The summed E-state index contributed by atoms with van der Waals surface area (Å²) < 4.78 is 10.9. The molecule has 2 aliphatic carbocycles. The molecule has 0 bridgehead atoms. The van der Waals surface area contributed by atoms with Gasteiger partial charge < -0.3 is 15.2 Å². The smallest absolute Gasteiger partial charge is 0.127 e. The number of nitrogens with zero attached hydrogens (tertiary/aromatic N) is 1. The molecule has 116 valence electrons. The number of hydrogen-bond acceptors (Lipinski definition) is 4. The fraction of sp³-hybridized carbons (Fsp3) is 0.647. The van der Waals surface area contributed by atoms with Crippen LogP contribution in [0.5, 0.6) is 11.5 Å². The van der Waals surface area contributed by atoms with Gasteiger partial charge in [0.25, 0.3) is 0 Å². The highest BCUT2D eigenvalue weighted by Gasteiger charge is 2.38. The second-order valence-electron chi connectivity index (χ2n) is 6.23. The van der Waals surface area contributed by atoms with E-state index in [1.165, 1.54) is 37.8 Å². The Hall–Kier alpha value is -1.26. The summed E-state index contributed by atoms with van der Waals surface area (Å²) in [5.74, 6) is 2.58. The van der Waals surface area contributed by atoms with Gasteiger partial charge in [-0.2, -0.15) is 0 Å². The van der Waals surface area contributed by atoms with Gasteiger partial charge in [-0.1, -0.05) is 6.07 Å². The normalized spacial score (nSPS) is 19.6. The number of benzene rings is 1. The number of ether oxygens (including phenoxy) is 2. The monoisotopic (exact) mass is 290 g/mol. The molecule has 0 heterocycles. The molecule has 2 saturated carbocycles. The van der Waals surface area contributed by atoms with E-state index >= 15 is 0 Å². The molecule has 21 heavy (non-hydrogen) atoms. The lowest BCUT2D eigenvalue weighted by Crippen LogP contribution is -2.37. The van der Waals surface area contributed by atoms with E-state index in [0.29, 0.717) is 12.6 Å². The molecule has 0 amide bonds. The quantitative estimate of drug-likeness (QED) is 0.799. The molecule has 0 aromatic heterocycles. The summed E-state index contributed by atoms with van der Waals surface area (Å²) in [5.41, 5.74) is 7.32. The van der Waals surface area contributed by atoms with E-state index in [0.717, 1.165) is 17.4 Å². The summed E-state index contributed by atoms with van der Waals surface area (Å²) in [6.07, 6.45) is 5.36. The van der Waals surface area contributed by atoms with Crippen LogP contribution in [0.3, 0.4) is 0 Å². The van der Waals surface area contributed by atoms with Gasteiger partial charge in [-0.25, -0.2) is 0 Å². The van der Waals surface area contributed by atoms with Gasteiger partial charge in [-0.3, -0.25) is 4.90 Å². The van der Waals surface area contributed by atoms with E-state index in [2.05, 4.69) is 11.0 Å². The maximum absolute atomic E-state index is 6.13. The van der Waals surface area contributed by atoms with Crippen LogP contribution in [0.4, 0.5) is 0 Å². The molecule has 2 aliphatic rings. The third-order valence-electron chi connectivity index (χ3n) is 4.61. The molecule has 2 N–H and O–H groups in total. The molecule has 0 saturated heterocycles. The van der Waals surface area contributed by atoms with Crippen LogP contribution in [-0.4, -0.2) is 38.3 Å². The molecular formula is C17H26N2O2. The SMILES string of the molecule is COc1ccc(C(CN)N(CC2CC2)C2CC2)c(OC)c1. The lowest BCUT2D eigenvalue weighted by molar-refractivity contribution is 0.179. The Labute approximate surface area is 127 Å². The minimum atomic E-state index is 0.249. The van der Waals surface area contributed by atoms with E-state index in [4.69, 9.17) is 15.2 Å². The van der Waals surface area contributed by atoms with Crippen molar-refractivity contribution in [1.82, 2.24) is 4.90 Å². The maximum atomic E-state index is 6.13. The molecule has 2 fully saturated rings. The first-order valence-corrected chi connectivity index (χ1v) is 7.94. The highest BCUT2D eigenvalue weighted by atomic mass is 16.5. The van der Waals surface area contributed by atoms with Crippen LogP contribution in [-0.2, 0) is 0 Å². The zero-order chi connectivity index (χ0) is 14.8. The van der Waals surface area contributed by atoms with Crippen LogP contribution in [0, 0.1) is 5.92 Å². The molecule has 0 spiro atoms. The summed E-state index contributed by atoms with van der Waals surface area (Å²) in [7, 11) is 3.40. The molecule has 1 aromatic rings. The van der Waals surface area contributed by atoms with Gasteiger partial charge in [-0.05, 0) is 37.7 Å². The van der Waals surface area contributed by atoms with Crippen molar-refractivity contribution in [2.45, 2.75) is 37.8 Å². The Kier molecular flexibility index (Phi) is 4.36. The van der Waals surface area contributed by atoms with Crippen molar-refractivity contribution in [2.75, 3.05) is 27.3 Å². The van der Waals surface area contributed by atoms with Crippen molar-refractivity contribution < 1.29 is 9.47 Å². The highest BCUT2D eigenvalue weighted by molar-refractivity contribution is 5.43. The van der Waals surface area contributed by atoms with E-state index in [9.17, 15) is 0 Å². The second kappa shape index (κ2) is 6.24. The third-order valence-corrected chi connectivity index (χ3v) is 4.61. The van der Waals surface area contributed by atoms with E-state index in [1.807, 2.05) is 12.1 Å². The van der Waals surface area contributed by atoms with Crippen molar-refractivity contribution in [1.29, 1.82) is 0 Å². The first kappa shape index (κ1) is 14.7. The molecule has 1 unspecified atom stereocenters. The van der Waals surface area contributed by atoms with Gasteiger partial charge >= 0.3 is 0 Å². The molecule has 4 heteroatoms. The summed E-state index contributed by atoms with van der Waals surface area (Å²) in [4.78, 5) is 2.61. The molecular weight excluding hydrogens is 264 g/mol. The summed E-state index contributed by atoms with van der Waals surface area (Å²) in [6, 6.07) is 7.03. The molecule has 4 nitrogen and oxygen atoms in total. The first-order chi connectivity index (χ1) is 10.3. The van der Waals surface area contributed by atoms with Crippen molar-refractivity contribution in [2.24, 2.45) is 11.7 Å². The largest absolute Gasteiger partial charge is 0.497 e. The Morgan fingerprint density at radius 1 is 1.19 bits per heavy atom. The van der Waals surface area contributed by atoms with E-state index in [-0.39, 0.29) is 6.04 Å². The molecule has 3 rings (SSSR count). The average molecular weight is 290 g/mol. The van der Waals surface area contributed by atoms with Gasteiger partial charge in [0, 0.05) is 30.8 Å². The maximum Gasteiger partial charge on any atom is 0.127 e. The molecule has 1 aromatic carbocycles. The van der Waals surface area contributed by atoms with Crippen molar-refractivity contribution in [3.63, 3.8) is 0 Å². The van der Waals surface area contributed by atoms with Gasteiger partial charge in [0.2, 0.25) is 0 Å². The third kappa shape index (κ3) is 3.33. The zero-order valence-corrected chi connectivity index (χ0v) is 13.0. The van der Waals surface area contributed by atoms with Crippen LogP contribution in [0.1, 0.15) is 37.3 Å². The lowest BCUT2D eigenvalue weighted by atomic mass is 10.0. The standard InChI is InChI=1S/C17H26N2O2/c1-20-14-7-8-15(17(9-14)21-2)16(10-18)19(13-5-6-13)11-12-3-4-12/h7-9,12-13,16H,3-6,10-11,18H2,1-2H3.